The minimum absolute atomic E-state index is 0.0280. The SMILES string of the molecule is Cc1csc(CNC(=O)N2CCC[C@H](c3nncn3C)C2)n1. The monoisotopic (exact) mass is 320 g/mol. The number of rotatable bonds is 3. The van der Waals surface area contributed by atoms with Crippen LogP contribution in [0.3, 0.4) is 0 Å². The van der Waals surface area contributed by atoms with Gasteiger partial charge in [-0.25, -0.2) is 9.78 Å². The predicted octanol–water partition coefficient (Wildman–Crippen LogP) is 1.67. The van der Waals surface area contributed by atoms with E-state index >= 15 is 0 Å². The number of carbonyl (C=O) groups excluding carboxylic acids is 1. The summed E-state index contributed by atoms with van der Waals surface area (Å²) >= 11 is 1.57. The maximum Gasteiger partial charge on any atom is 0.317 e. The van der Waals surface area contributed by atoms with E-state index in [1.54, 1.807) is 17.7 Å². The highest BCUT2D eigenvalue weighted by Crippen LogP contribution is 2.25. The topological polar surface area (TPSA) is 75.9 Å². The lowest BCUT2D eigenvalue weighted by Crippen LogP contribution is -2.45. The van der Waals surface area contributed by atoms with Gasteiger partial charge in [0.15, 0.2) is 0 Å². The Morgan fingerprint density at radius 1 is 1.55 bits per heavy atom. The first-order valence-corrected chi connectivity index (χ1v) is 8.29. The molecule has 1 N–H and O–H groups in total. The smallest absolute Gasteiger partial charge is 0.317 e. The van der Waals surface area contributed by atoms with Crippen LogP contribution in [0.15, 0.2) is 11.7 Å². The zero-order valence-electron chi connectivity index (χ0n) is 12.8. The van der Waals surface area contributed by atoms with Crippen molar-refractivity contribution in [2.45, 2.75) is 32.2 Å². The molecule has 0 unspecified atom stereocenters. The number of aromatic nitrogens is 4. The van der Waals surface area contributed by atoms with E-state index in [1.165, 1.54) is 0 Å². The number of likely N-dealkylation sites (tertiary alicyclic amines) is 1. The zero-order chi connectivity index (χ0) is 15.5. The molecule has 0 aromatic carbocycles. The molecular formula is C14H20N6OS. The molecule has 7 nitrogen and oxygen atoms in total. The first-order valence-electron chi connectivity index (χ1n) is 7.41. The second kappa shape index (κ2) is 6.43. The minimum Gasteiger partial charge on any atom is -0.331 e. The van der Waals surface area contributed by atoms with Gasteiger partial charge in [-0.2, -0.15) is 0 Å². The summed E-state index contributed by atoms with van der Waals surface area (Å²) in [5, 5.41) is 14.0. The molecule has 0 aliphatic carbocycles. The number of nitrogens with zero attached hydrogens (tertiary/aromatic N) is 5. The Morgan fingerprint density at radius 2 is 2.41 bits per heavy atom. The van der Waals surface area contributed by atoms with Crippen molar-refractivity contribution in [3.05, 3.63) is 28.2 Å². The Kier molecular flexibility index (Phi) is 4.37. The van der Waals surface area contributed by atoms with Crippen LogP contribution in [0.4, 0.5) is 4.79 Å². The molecule has 1 aliphatic rings. The van der Waals surface area contributed by atoms with E-state index in [0.29, 0.717) is 13.1 Å². The largest absolute Gasteiger partial charge is 0.331 e. The molecule has 0 spiro atoms. The van der Waals surface area contributed by atoms with Crippen molar-refractivity contribution in [3.63, 3.8) is 0 Å². The molecule has 3 rings (SSSR count). The number of carbonyl (C=O) groups is 1. The molecule has 2 aromatic rings. The number of thiazole rings is 1. The van der Waals surface area contributed by atoms with Gasteiger partial charge in [-0.3, -0.25) is 0 Å². The molecule has 0 radical (unpaired) electrons. The maximum atomic E-state index is 12.3. The van der Waals surface area contributed by atoms with E-state index < -0.39 is 0 Å². The molecule has 3 heterocycles. The molecule has 8 heteroatoms. The fourth-order valence-corrected chi connectivity index (χ4v) is 3.49. The van der Waals surface area contributed by atoms with E-state index in [4.69, 9.17) is 0 Å². The summed E-state index contributed by atoms with van der Waals surface area (Å²) < 4.78 is 1.93. The highest BCUT2D eigenvalue weighted by molar-refractivity contribution is 7.09. The first kappa shape index (κ1) is 15.0. The van der Waals surface area contributed by atoms with Crippen LogP contribution in [0.1, 0.15) is 35.3 Å². The summed E-state index contributed by atoms with van der Waals surface area (Å²) in [4.78, 5) is 18.6. The quantitative estimate of drug-likeness (QED) is 0.933. The van der Waals surface area contributed by atoms with Crippen molar-refractivity contribution in [2.24, 2.45) is 7.05 Å². The van der Waals surface area contributed by atoms with Gasteiger partial charge in [-0.1, -0.05) is 0 Å². The van der Waals surface area contributed by atoms with E-state index in [-0.39, 0.29) is 11.9 Å². The van der Waals surface area contributed by atoms with Crippen molar-refractivity contribution < 1.29 is 4.79 Å². The standard InChI is InChI=1S/C14H20N6OS/c1-10-8-22-12(17-10)6-15-14(21)20-5-3-4-11(7-20)13-18-16-9-19(13)2/h8-9,11H,3-7H2,1-2H3,(H,15,21)/t11-/m0/s1. The second-order valence-electron chi connectivity index (χ2n) is 5.63. The Bertz CT molecular complexity index is 651. The number of aryl methyl sites for hydroxylation is 2. The van der Waals surface area contributed by atoms with Crippen molar-refractivity contribution >= 4 is 17.4 Å². The van der Waals surface area contributed by atoms with Gasteiger partial charge in [-0.05, 0) is 19.8 Å². The normalized spacial score (nSPS) is 18.5. The molecule has 1 atom stereocenters. The first-order chi connectivity index (χ1) is 10.6. The van der Waals surface area contributed by atoms with E-state index in [2.05, 4.69) is 20.5 Å². The van der Waals surface area contributed by atoms with Crippen molar-refractivity contribution in [1.82, 2.24) is 30.0 Å². The maximum absolute atomic E-state index is 12.3. The van der Waals surface area contributed by atoms with Gasteiger partial charge in [0.1, 0.15) is 17.2 Å². The molecule has 118 valence electrons. The summed E-state index contributed by atoms with van der Waals surface area (Å²) in [7, 11) is 1.94. The number of nitrogens with one attached hydrogen (secondary N) is 1. The number of piperidine rings is 1. The predicted molar refractivity (Wildman–Crippen MR) is 83.6 cm³/mol. The molecule has 22 heavy (non-hydrogen) atoms. The summed E-state index contributed by atoms with van der Waals surface area (Å²) in [6.45, 7) is 3.92. The van der Waals surface area contributed by atoms with Gasteiger partial charge in [0.2, 0.25) is 0 Å². The molecule has 0 saturated carbocycles. The molecule has 1 aliphatic heterocycles. The van der Waals surface area contributed by atoms with E-state index in [9.17, 15) is 4.79 Å². The Balaban J connectivity index is 1.57. The van der Waals surface area contributed by atoms with E-state index in [0.717, 1.165) is 35.9 Å². The lowest BCUT2D eigenvalue weighted by Gasteiger charge is -2.32. The van der Waals surface area contributed by atoms with Gasteiger partial charge in [-0.15, -0.1) is 21.5 Å². The number of amides is 2. The number of hydrogen-bond acceptors (Lipinski definition) is 5. The number of hydrogen-bond donors (Lipinski definition) is 1. The summed E-state index contributed by atoms with van der Waals surface area (Å²) in [6, 6.07) is -0.0280. The van der Waals surface area contributed by atoms with Gasteiger partial charge < -0.3 is 14.8 Å². The third kappa shape index (κ3) is 3.27. The van der Waals surface area contributed by atoms with Crippen LogP contribution in [-0.2, 0) is 13.6 Å². The van der Waals surface area contributed by atoms with Gasteiger partial charge >= 0.3 is 6.03 Å². The lowest BCUT2D eigenvalue weighted by atomic mass is 9.97. The number of urea groups is 1. The van der Waals surface area contributed by atoms with Crippen LogP contribution in [0, 0.1) is 6.92 Å². The van der Waals surface area contributed by atoms with E-state index in [1.807, 2.05) is 28.8 Å². The van der Waals surface area contributed by atoms with Crippen LogP contribution >= 0.6 is 11.3 Å². The van der Waals surface area contributed by atoms with Gasteiger partial charge in [0.05, 0.1) is 6.54 Å². The van der Waals surface area contributed by atoms with Crippen molar-refractivity contribution in [1.29, 1.82) is 0 Å². The Hall–Kier alpha value is -1.96. The summed E-state index contributed by atoms with van der Waals surface area (Å²) in [6.07, 6.45) is 3.74. The fourth-order valence-electron chi connectivity index (χ4n) is 2.78. The summed E-state index contributed by atoms with van der Waals surface area (Å²) in [5.74, 6) is 1.21. The van der Waals surface area contributed by atoms with Gasteiger partial charge in [0, 0.05) is 37.1 Å². The van der Waals surface area contributed by atoms with Crippen molar-refractivity contribution in [3.8, 4) is 0 Å². The minimum atomic E-state index is -0.0280. The van der Waals surface area contributed by atoms with Crippen LogP contribution in [0.25, 0.3) is 0 Å². The average Bonchev–Trinajstić information content (AvgIpc) is 3.13. The summed E-state index contributed by atoms with van der Waals surface area (Å²) in [5.41, 5.74) is 0.995. The molecule has 0 bridgehead atoms. The third-order valence-corrected chi connectivity index (χ3v) is 4.84. The third-order valence-electron chi connectivity index (χ3n) is 3.88. The van der Waals surface area contributed by atoms with Crippen LogP contribution in [0.2, 0.25) is 0 Å². The Labute approximate surface area is 133 Å². The lowest BCUT2D eigenvalue weighted by molar-refractivity contribution is 0.177. The van der Waals surface area contributed by atoms with Gasteiger partial charge in [0.25, 0.3) is 0 Å². The molecule has 2 aromatic heterocycles. The average molecular weight is 320 g/mol. The highest BCUT2D eigenvalue weighted by Gasteiger charge is 2.27. The zero-order valence-corrected chi connectivity index (χ0v) is 13.6. The molecule has 1 saturated heterocycles. The van der Waals surface area contributed by atoms with Crippen LogP contribution in [0.5, 0.6) is 0 Å². The molecule has 1 fully saturated rings. The van der Waals surface area contributed by atoms with Crippen molar-refractivity contribution in [2.75, 3.05) is 13.1 Å². The molecule has 2 amide bonds. The fraction of sp³-hybridized carbons (Fsp3) is 0.571. The Morgan fingerprint density at radius 3 is 3.09 bits per heavy atom. The van der Waals surface area contributed by atoms with Crippen LogP contribution in [-0.4, -0.2) is 43.8 Å². The van der Waals surface area contributed by atoms with Crippen LogP contribution < -0.4 is 5.32 Å². The molecular weight excluding hydrogens is 300 g/mol. The second-order valence-corrected chi connectivity index (χ2v) is 6.57. The highest BCUT2D eigenvalue weighted by atomic mass is 32.1.